The van der Waals surface area contributed by atoms with Gasteiger partial charge in [0.1, 0.15) is 24.6 Å². The van der Waals surface area contributed by atoms with E-state index in [-0.39, 0.29) is 65.3 Å². The van der Waals surface area contributed by atoms with Crippen molar-refractivity contribution in [3.63, 3.8) is 0 Å². The Balaban J connectivity index is 1.39. The van der Waals surface area contributed by atoms with E-state index in [1.54, 1.807) is 16.9 Å². The standard InChI is InChI=1S/C35H54N8O11P2SSi2/c1-21(2)58(22(3)4)49-18-26-15-28(43-34-31(41-42-43)35(44)40-20-39-34)33(32(26)53-59(54-58,23(5)6)24(7)8)52-56(57,47-13-9-11-36)48-17-25-14-27(16-29(25)51-55(45)46)50-30-10-12-37-19-38-30/h10,12,19-29,32-33H,9,13-18H2,1-8H3,(H-,39,40,42,44,45,46)/p+1/t25-,26-,27-,28-,29+,32-,33+,56-/m1/s1. The van der Waals surface area contributed by atoms with E-state index < -0.39 is 74.0 Å². The van der Waals surface area contributed by atoms with E-state index in [0.717, 1.165) is 0 Å². The average molecular weight is 914 g/mol. The summed E-state index contributed by atoms with van der Waals surface area (Å²) in [6, 6.07) is 3.07. The lowest BCUT2D eigenvalue weighted by atomic mass is 10.1. The van der Waals surface area contributed by atoms with Crippen molar-refractivity contribution in [3.8, 4) is 11.9 Å². The molecule has 3 aromatic heterocycles. The van der Waals surface area contributed by atoms with E-state index in [4.69, 9.17) is 47.6 Å². The van der Waals surface area contributed by atoms with Gasteiger partial charge in [0, 0.05) is 41.7 Å². The summed E-state index contributed by atoms with van der Waals surface area (Å²) in [4.78, 5) is 37.7. The molecule has 0 spiro atoms. The van der Waals surface area contributed by atoms with Crippen LogP contribution in [0.25, 0.3) is 11.2 Å². The number of nitrogens with zero attached hydrogens (tertiary/aromatic N) is 7. The molecule has 1 aliphatic heterocycles. The zero-order chi connectivity index (χ0) is 42.7. The van der Waals surface area contributed by atoms with Gasteiger partial charge in [0.25, 0.3) is 5.56 Å². The molecule has 0 bridgehead atoms. The van der Waals surface area contributed by atoms with Crippen LogP contribution in [0.15, 0.2) is 29.7 Å². The Hall–Kier alpha value is -2.49. The first-order valence-corrected chi connectivity index (χ1v) is 27.7. The summed E-state index contributed by atoms with van der Waals surface area (Å²) in [5.41, 5.74) is 0.117. The van der Waals surface area contributed by atoms with Gasteiger partial charge in [-0.15, -0.1) is 14.5 Å². The number of fused-ring (bicyclic) bond motifs is 2. The minimum Gasteiger partial charge on any atom is -0.474 e. The third-order valence-corrected chi connectivity index (χ3v) is 24.5. The van der Waals surface area contributed by atoms with Gasteiger partial charge in [-0.3, -0.25) is 4.79 Å². The van der Waals surface area contributed by atoms with Crippen LogP contribution in [0.1, 0.15) is 87.1 Å². The van der Waals surface area contributed by atoms with Gasteiger partial charge in [0.15, 0.2) is 11.2 Å². The van der Waals surface area contributed by atoms with Gasteiger partial charge in [-0.2, -0.15) is 5.26 Å². The molecule has 1 unspecified atom stereocenters. The lowest BCUT2D eigenvalue weighted by Crippen LogP contribution is -2.65. The summed E-state index contributed by atoms with van der Waals surface area (Å²) in [6.07, 6.45) is 2.59. The fourth-order valence-corrected chi connectivity index (χ4v) is 22.6. The summed E-state index contributed by atoms with van der Waals surface area (Å²) in [7, 11) is -9.05. The summed E-state index contributed by atoms with van der Waals surface area (Å²) < 4.78 is 66.9. The van der Waals surface area contributed by atoms with E-state index in [9.17, 15) is 19.5 Å². The Bertz CT molecular complexity index is 2050. The second-order valence-electron chi connectivity index (χ2n) is 16.5. The van der Waals surface area contributed by atoms with Crippen molar-refractivity contribution in [3.05, 3.63) is 35.3 Å². The highest BCUT2D eigenvalue weighted by atomic mass is 32.5. The normalized spacial score (nSPS) is 28.1. The predicted molar refractivity (Wildman–Crippen MR) is 222 cm³/mol. The van der Waals surface area contributed by atoms with Crippen LogP contribution in [0.5, 0.6) is 5.88 Å². The molecule has 2 saturated carbocycles. The van der Waals surface area contributed by atoms with Crippen molar-refractivity contribution in [2.24, 2.45) is 11.8 Å². The Kier molecular flexibility index (Phi) is 15.0. The zero-order valence-electron chi connectivity index (χ0n) is 34.6. The summed E-state index contributed by atoms with van der Waals surface area (Å²) >= 11 is 6.19. The summed E-state index contributed by atoms with van der Waals surface area (Å²) in [5, 5.41) is 18.1. The highest BCUT2D eigenvalue weighted by Crippen LogP contribution is 2.58. The Labute approximate surface area is 351 Å². The second-order valence-corrected chi connectivity index (χ2v) is 29.0. The number of H-pyrrole nitrogens is 1. The molecule has 4 heterocycles. The largest absolute Gasteiger partial charge is 0.695 e. The van der Waals surface area contributed by atoms with Crippen LogP contribution >= 0.6 is 15.0 Å². The average Bonchev–Trinajstić information content (AvgIpc) is 3.86. The first-order chi connectivity index (χ1) is 28.0. The molecule has 3 fully saturated rings. The van der Waals surface area contributed by atoms with Gasteiger partial charge < -0.3 is 36.3 Å². The Morgan fingerprint density at radius 3 is 2.46 bits per heavy atom. The molecule has 24 heteroatoms. The number of nitriles is 1. The molecule has 2 aliphatic carbocycles. The van der Waals surface area contributed by atoms with Gasteiger partial charge in [0.05, 0.1) is 44.2 Å². The van der Waals surface area contributed by atoms with Gasteiger partial charge in [-0.05, 0) is 46.8 Å². The molecule has 3 aromatic rings. The van der Waals surface area contributed by atoms with Crippen LogP contribution in [-0.2, 0) is 47.4 Å². The number of aromatic amines is 1. The third kappa shape index (κ3) is 9.93. The number of hydrogen-bond donors (Lipinski definition) is 2. The fourth-order valence-electron chi connectivity index (χ4n) is 8.63. The van der Waals surface area contributed by atoms with Gasteiger partial charge in [-0.1, -0.05) is 60.6 Å². The number of aromatic nitrogens is 7. The minimum absolute atomic E-state index is 0.00219. The number of nitrogens with one attached hydrogen (secondary N) is 1. The van der Waals surface area contributed by atoms with E-state index in [1.165, 1.54) is 12.7 Å². The highest BCUT2D eigenvalue weighted by molar-refractivity contribution is 8.07. The molecule has 0 aromatic carbocycles. The molecule has 59 heavy (non-hydrogen) atoms. The molecule has 3 aliphatic rings. The van der Waals surface area contributed by atoms with Crippen LogP contribution < -0.4 is 10.3 Å². The van der Waals surface area contributed by atoms with Crippen LogP contribution in [0.2, 0.25) is 22.2 Å². The predicted octanol–water partition coefficient (Wildman–Crippen LogP) is 6.27. The first-order valence-electron chi connectivity index (χ1n) is 20.0. The van der Waals surface area contributed by atoms with Crippen LogP contribution in [0, 0.1) is 23.2 Å². The van der Waals surface area contributed by atoms with E-state index in [0.29, 0.717) is 25.3 Å². The van der Waals surface area contributed by atoms with E-state index in [2.05, 4.69) is 91.7 Å². The minimum atomic E-state index is -3.80. The SMILES string of the molecule is CC(C)[Si]1(C(C)C)OC[C@H]2C[C@@H](n3nnc4c(=O)[nH]cnc43)[C@H](O[P@@](=S)(OCCC#N)OC[C@H]3C[C@@H](Oc4ccncn4)C[C@@H]3O[P+](=O)O)[C@@H]2O[Si](C(C)C)(C(C)C)O1. The molecule has 19 nitrogen and oxygen atoms in total. The van der Waals surface area contributed by atoms with Crippen molar-refractivity contribution < 1.29 is 45.3 Å². The lowest BCUT2D eigenvalue weighted by molar-refractivity contribution is -0.0256. The van der Waals surface area contributed by atoms with E-state index in [1.807, 2.05) is 0 Å². The van der Waals surface area contributed by atoms with Crippen molar-refractivity contribution >= 4 is 55.1 Å². The van der Waals surface area contributed by atoms with Gasteiger partial charge in [-0.25, -0.2) is 19.6 Å². The number of hydrogen-bond acceptors (Lipinski definition) is 17. The Morgan fingerprint density at radius 1 is 1.08 bits per heavy atom. The van der Waals surface area contributed by atoms with Crippen LogP contribution in [0.4, 0.5) is 0 Å². The molecular formula is C35H55N8O11P2SSi2+. The molecule has 9 atom stereocenters. The van der Waals surface area contributed by atoms with Crippen molar-refractivity contribution in [2.45, 2.75) is 134 Å². The molecule has 6 rings (SSSR count). The molecule has 1 saturated heterocycles. The summed E-state index contributed by atoms with van der Waals surface area (Å²) in [6.45, 7) is 13.5. The monoisotopic (exact) mass is 913 g/mol. The molecule has 0 amide bonds. The number of ether oxygens (including phenoxy) is 1. The van der Waals surface area contributed by atoms with Gasteiger partial charge >= 0.3 is 32.1 Å². The first kappa shape index (κ1) is 46.0. The summed E-state index contributed by atoms with van der Waals surface area (Å²) in [5.74, 6) is -0.367. The molecule has 0 radical (unpaired) electrons. The topological polar surface area (TPSA) is 237 Å². The van der Waals surface area contributed by atoms with Crippen molar-refractivity contribution in [1.82, 2.24) is 34.9 Å². The fraction of sp³-hybridized carbons (Fsp3) is 0.743. The Morgan fingerprint density at radius 2 is 1.81 bits per heavy atom. The van der Waals surface area contributed by atoms with Crippen molar-refractivity contribution in [2.75, 3.05) is 19.8 Å². The van der Waals surface area contributed by atoms with Crippen LogP contribution in [0.3, 0.4) is 0 Å². The number of rotatable bonds is 17. The maximum atomic E-state index is 12.8. The third-order valence-electron chi connectivity index (χ3n) is 11.5. The van der Waals surface area contributed by atoms with Crippen molar-refractivity contribution in [1.29, 1.82) is 5.26 Å². The molecular weight excluding hydrogens is 859 g/mol. The zero-order valence-corrected chi connectivity index (χ0v) is 39.2. The van der Waals surface area contributed by atoms with Gasteiger partial charge in [0.2, 0.25) is 5.88 Å². The van der Waals surface area contributed by atoms with Crippen LogP contribution in [-0.4, -0.2) is 101 Å². The molecule has 2 N–H and O–H groups in total. The maximum absolute atomic E-state index is 12.8. The lowest BCUT2D eigenvalue weighted by Gasteiger charge is -2.52. The van der Waals surface area contributed by atoms with E-state index >= 15 is 0 Å². The highest BCUT2D eigenvalue weighted by Gasteiger charge is 2.62. The smallest absolute Gasteiger partial charge is 0.474 e. The second kappa shape index (κ2) is 19.3. The maximum Gasteiger partial charge on any atom is 0.695 e. The molecule has 324 valence electrons. The quantitative estimate of drug-likeness (QED) is 0.0862.